The molecular weight excluding hydrogens is 296 g/mol. The number of phenols is 1. The lowest BCUT2D eigenvalue weighted by Crippen LogP contribution is -2.36. The van der Waals surface area contributed by atoms with E-state index in [9.17, 15) is 9.90 Å². The number of carbonyl (C=O) groups excluding carboxylic acids is 1. The second-order valence-electron chi connectivity index (χ2n) is 4.34. The minimum absolute atomic E-state index is 0.0614. The predicted molar refractivity (Wildman–Crippen MR) is 75.5 cm³/mol. The van der Waals surface area contributed by atoms with Crippen molar-refractivity contribution >= 4 is 21.8 Å². The Morgan fingerprint density at radius 1 is 1.39 bits per heavy atom. The largest absolute Gasteiger partial charge is 0.506 e. The number of hydrogen-bond donors (Lipinski definition) is 1. The van der Waals surface area contributed by atoms with Crippen LogP contribution in [0.4, 0.5) is 0 Å². The van der Waals surface area contributed by atoms with Gasteiger partial charge in [0.1, 0.15) is 5.75 Å². The first-order valence-corrected chi connectivity index (χ1v) is 6.63. The molecule has 0 atom stereocenters. The number of halogens is 1. The van der Waals surface area contributed by atoms with E-state index >= 15 is 0 Å². The highest BCUT2D eigenvalue weighted by Crippen LogP contribution is 2.28. The number of aromatic hydroxyl groups is 1. The lowest BCUT2D eigenvalue weighted by atomic mass is 10.2. The van der Waals surface area contributed by atoms with E-state index in [0.717, 1.165) is 12.1 Å². The summed E-state index contributed by atoms with van der Waals surface area (Å²) in [5, 5.41) is 9.92. The molecule has 0 saturated heterocycles. The smallest absolute Gasteiger partial charge is 0.236 e. The molecule has 0 radical (unpaired) electrons. The van der Waals surface area contributed by atoms with Crippen LogP contribution < -0.4 is 0 Å². The maximum atomic E-state index is 11.7. The van der Waals surface area contributed by atoms with E-state index in [1.165, 1.54) is 0 Å². The number of hydrogen-bond acceptors (Lipinski definition) is 3. The van der Waals surface area contributed by atoms with Crippen LogP contribution in [0.1, 0.15) is 12.5 Å². The van der Waals surface area contributed by atoms with E-state index < -0.39 is 0 Å². The van der Waals surface area contributed by atoms with E-state index in [1.807, 2.05) is 24.0 Å². The summed E-state index contributed by atoms with van der Waals surface area (Å²) in [6, 6.07) is 5.53. The van der Waals surface area contributed by atoms with Crippen LogP contribution in [0.25, 0.3) is 0 Å². The van der Waals surface area contributed by atoms with Gasteiger partial charge in [0.15, 0.2) is 0 Å². The topological polar surface area (TPSA) is 43.8 Å². The summed E-state index contributed by atoms with van der Waals surface area (Å²) in [5.41, 5.74) is 0.817. The van der Waals surface area contributed by atoms with Gasteiger partial charge in [0.05, 0.1) is 11.0 Å². The molecule has 0 saturated carbocycles. The molecule has 1 rings (SSSR count). The van der Waals surface area contributed by atoms with Crippen molar-refractivity contribution in [3.8, 4) is 5.75 Å². The van der Waals surface area contributed by atoms with Crippen molar-refractivity contribution in [1.82, 2.24) is 9.80 Å². The molecule has 1 aromatic rings. The average Bonchev–Trinajstić information content (AvgIpc) is 2.33. The van der Waals surface area contributed by atoms with Crippen molar-refractivity contribution in [1.29, 1.82) is 0 Å². The van der Waals surface area contributed by atoms with Crippen LogP contribution in [0.5, 0.6) is 5.75 Å². The molecule has 1 aromatic carbocycles. The normalized spacial score (nSPS) is 10.7. The van der Waals surface area contributed by atoms with Gasteiger partial charge >= 0.3 is 0 Å². The average molecular weight is 315 g/mol. The first-order chi connectivity index (χ1) is 8.45. The number of para-hydroxylation sites is 1. The molecule has 0 heterocycles. The van der Waals surface area contributed by atoms with Crippen LogP contribution in [-0.2, 0) is 11.3 Å². The fraction of sp³-hybridized carbons (Fsp3) is 0.462. The van der Waals surface area contributed by atoms with Crippen LogP contribution in [-0.4, -0.2) is 48.0 Å². The van der Waals surface area contributed by atoms with Crippen molar-refractivity contribution in [3.05, 3.63) is 28.2 Å². The van der Waals surface area contributed by atoms with Crippen molar-refractivity contribution < 1.29 is 9.90 Å². The van der Waals surface area contributed by atoms with Crippen LogP contribution >= 0.6 is 15.9 Å². The summed E-state index contributed by atoms with van der Waals surface area (Å²) in [6.45, 7) is 3.67. The highest BCUT2D eigenvalue weighted by atomic mass is 79.9. The van der Waals surface area contributed by atoms with Gasteiger partial charge in [0.2, 0.25) is 5.91 Å². The van der Waals surface area contributed by atoms with Crippen LogP contribution in [0.3, 0.4) is 0 Å². The van der Waals surface area contributed by atoms with Gasteiger partial charge in [-0.15, -0.1) is 0 Å². The molecule has 0 fully saturated rings. The maximum Gasteiger partial charge on any atom is 0.236 e. The summed E-state index contributed by atoms with van der Waals surface area (Å²) in [7, 11) is 3.49. The standard InChI is InChI=1S/C13H19BrN2O2/c1-4-16(9-12(17)15(2)3)8-10-6-5-7-11(14)13(10)18/h5-7,18H,4,8-9H2,1-3H3. The van der Waals surface area contributed by atoms with Crippen LogP contribution in [0, 0.1) is 0 Å². The second-order valence-corrected chi connectivity index (χ2v) is 5.19. The number of benzene rings is 1. The minimum Gasteiger partial charge on any atom is -0.506 e. The first kappa shape index (κ1) is 15.0. The van der Waals surface area contributed by atoms with Crippen LogP contribution in [0.15, 0.2) is 22.7 Å². The number of amides is 1. The van der Waals surface area contributed by atoms with Gasteiger partial charge < -0.3 is 10.0 Å². The quantitative estimate of drug-likeness (QED) is 0.904. The molecule has 4 nitrogen and oxygen atoms in total. The number of likely N-dealkylation sites (N-methyl/N-ethyl adjacent to an activating group) is 2. The molecule has 0 aromatic heterocycles. The Hall–Kier alpha value is -1.07. The second kappa shape index (κ2) is 6.75. The third kappa shape index (κ3) is 3.99. The maximum absolute atomic E-state index is 11.7. The Labute approximate surface area is 116 Å². The predicted octanol–water partition coefficient (Wildman–Crippen LogP) is 2.06. The SMILES string of the molecule is CCN(CC(=O)N(C)C)Cc1cccc(Br)c1O. The molecule has 100 valence electrons. The summed E-state index contributed by atoms with van der Waals surface area (Å²) in [6.07, 6.45) is 0. The zero-order valence-electron chi connectivity index (χ0n) is 11.0. The molecule has 0 aliphatic rings. The molecule has 0 aliphatic carbocycles. The van der Waals surface area contributed by atoms with Crippen molar-refractivity contribution in [2.24, 2.45) is 0 Å². The van der Waals surface area contributed by atoms with Gasteiger partial charge in [-0.25, -0.2) is 0 Å². The lowest BCUT2D eigenvalue weighted by molar-refractivity contribution is -0.130. The fourth-order valence-corrected chi connectivity index (χ4v) is 1.95. The van der Waals surface area contributed by atoms with Gasteiger partial charge in [0, 0.05) is 26.2 Å². The molecule has 1 amide bonds. The van der Waals surface area contributed by atoms with Crippen molar-refractivity contribution in [2.75, 3.05) is 27.2 Å². The van der Waals surface area contributed by atoms with Gasteiger partial charge in [-0.05, 0) is 28.5 Å². The zero-order valence-corrected chi connectivity index (χ0v) is 12.6. The molecule has 0 bridgehead atoms. The molecule has 18 heavy (non-hydrogen) atoms. The van der Waals surface area contributed by atoms with E-state index in [-0.39, 0.29) is 11.7 Å². The highest BCUT2D eigenvalue weighted by Gasteiger charge is 2.13. The molecule has 0 unspecified atom stereocenters. The summed E-state index contributed by atoms with van der Waals surface area (Å²) in [5.74, 6) is 0.305. The number of phenolic OH excluding ortho intramolecular Hbond substituents is 1. The summed E-state index contributed by atoms with van der Waals surface area (Å²) >= 11 is 3.29. The fourth-order valence-electron chi connectivity index (χ4n) is 1.54. The van der Waals surface area contributed by atoms with E-state index in [1.54, 1.807) is 25.1 Å². The Kier molecular flexibility index (Phi) is 5.62. The monoisotopic (exact) mass is 314 g/mol. The van der Waals surface area contributed by atoms with E-state index in [2.05, 4.69) is 15.9 Å². The number of rotatable bonds is 5. The van der Waals surface area contributed by atoms with E-state index in [4.69, 9.17) is 0 Å². The van der Waals surface area contributed by atoms with Gasteiger partial charge in [-0.1, -0.05) is 19.1 Å². The molecular formula is C13H19BrN2O2. The first-order valence-electron chi connectivity index (χ1n) is 5.84. The van der Waals surface area contributed by atoms with Gasteiger partial charge in [-0.3, -0.25) is 9.69 Å². The summed E-state index contributed by atoms with van der Waals surface area (Å²) in [4.78, 5) is 15.2. The third-order valence-corrected chi connectivity index (χ3v) is 3.41. The summed E-state index contributed by atoms with van der Waals surface area (Å²) < 4.78 is 0.676. The number of carbonyl (C=O) groups is 1. The lowest BCUT2D eigenvalue weighted by Gasteiger charge is -2.22. The van der Waals surface area contributed by atoms with E-state index in [0.29, 0.717) is 17.6 Å². The Morgan fingerprint density at radius 3 is 2.61 bits per heavy atom. The van der Waals surface area contributed by atoms with Crippen molar-refractivity contribution in [3.63, 3.8) is 0 Å². The molecule has 0 spiro atoms. The minimum atomic E-state index is 0.0614. The highest BCUT2D eigenvalue weighted by molar-refractivity contribution is 9.10. The molecule has 5 heteroatoms. The molecule has 1 N–H and O–H groups in total. The Bertz CT molecular complexity index is 421. The van der Waals surface area contributed by atoms with Gasteiger partial charge in [-0.2, -0.15) is 0 Å². The van der Waals surface area contributed by atoms with Crippen molar-refractivity contribution in [2.45, 2.75) is 13.5 Å². The zero-order chi connectivity index (χ0) is 13.7. The Balaban J connectivity index is 2.74. The molecule has 0 aliphatic heterocycles. The number of nitrogens with zero attached hydrogens (tertiary/aromatic N) is 2. The van der Waals surface area contributed by atoms with Crippen LogP contribution in [0.2, 0.25) is 0 Å². The van der Waals surface area contributed by atoms with Gasteiger partial charge in [0.25, 0.3) is 0 Å². The third-order valence-electron chi connectivity index (χ3n) is 2.77. The Morgan fingerprint density at radius 2 is 2.06 bits per heavy atom.